The number of benzene rings is 1. The van der Waals surface area contributed by atoms with Crippen molar-refractivity contribution in [3.05, 3.63) is 29.8 Å². The number of nitrogens with zero attached hydrogens (tertiary/aromatic N) is 1. The Hall–Kier alpha value is -0.630. The zero-order valence-electron chi connectivity index (χ0n) is 10.9. The molecule has 0 amide bonds. The Bertz CT molecular complexity index is 362. The number of fused-ring (bicyclic) bond motifs is 1. The van der Waals surface area contributed by atoms with Crippen molar-refractivity contribution in [3.8, 4) is 0 Å². The van der Waals surface area contributed by atoms with Crippen LogP contribution in [0.2, 0.25) is 0 Å². The van der Waals surface area contributed by atoms with E-state index < -0.39 is 0 Å². The number of rotatable bonds is 4. The van der Waals surface area contributed by atoms with Gasteiger partial charge >= 0.3 is 0 Å². The van der Waals surface area contributed by atoms with Gasteiger partial charge in [-0.05, 0) is 42.1 Å². The maximum absolute atomic E-state index is 4.50. The summed E-state index contributed by atoms with van der Waals surface area (Å²) in [7, 11) is 0. The molecule has 0 aliphatic carbocycles. The second kappa shape index (κ2) is 5.81. The fourth-order valence-corrected chi connectivity index (χ4v) is 3.10. The average Bonchev–Trinajstić information content (AvgIpc) is 2.35. The van der Waals surface area contributed by atoms with E-state index in [1.807, 2.05) is 0 Å². The molecule has 1 heterocycles. The Morgan fingerprint density at radius 2 is 2.06 bits per heavy atom. The number of thiol groups is 1. The first kappa shape index (κ1) is 12.8. The van der Waals surface area contributed by atoms with Crippen LogP contribution in [0.5, 0.6) is 0 Å². The molecule has 0 bridgehead atoms. The Kier molecular flexibility index (Phi) is 4.38. The fraction of sp³-hybridized carbons (Fsp3) is 0.600. The van der Waals surface area contributed by atoms with Crippen LogP contribution in [0.4, 0.5) is 5.69 Å². The molecule has 1 aliphatic rings. The summed E-state index contributed by atoms with van der Waals surface area (Å²) in [5.41, 5.74) is 2.96. The molecule has 1 aromatic carbocycles. The van der Waals surface area contributed by atoms with Gasteiger partial charge in [0.1, 0.15) is 0 Å². The van der Waals surface area contributed by atoms with Gasteiger partial charge in [0.05, 0.1) is 0 Å². The first-order chi connectivity index (χ1) is 8.22. The van der Waals surface area contributed by atoms with Gasteiger partial charge in [0.2, 0.25) is 0 Å². The lowest BCUT2D eigenvalue weighted by atomic mass is 9.95. The van der Waals surface area contributed by atoms with Crippen LogP contribution in [0.25, 0.3) is 0 Å². The molecule has 2 rings (SSSR count). The van der Waals surface area contributed by atoms with E-state index in [2.05, 4.69) is 55.6 Å². The summed E-state index contributed by atoms with van der Waals surface area (Å²) in [6.07, 6.45) is 2.52. The summed E-state index contributed by atoms with van der Waals surface area (Å²) in [4.78, 5) is 2.56. The Morgan fingerprint density at radius 1 is 1.29 bits per heavy atom. The predicted molar refractivity (Wildman–Crippen MR) is 79.2 cm³/mol. The van der Waals surface area contributed by atoms with Crippen molar-refractivity contribution in [2.45, 2.75) is 26.7 Å². The summed E-state index contributed by atoms with van der Waals surface area (Å²) in [6, 6.07) is 8.85. The van der Waals surface area contributed by atoms with E-state index in [4.69, 9.17) is 0 Å². The molecule has 1 nitrogen and oxygen atoms in total. The molecular weight excluding hydrogens is 226 g/mol. The first-order valence-electron chi connectivity index (χ1n) is 6.66. The third-order valence-electron chi connectivity index (χ3n) is 3.84. The summed E-state index contributed by atoms with van der Waals surface area (Å²) in [6.45, 7) is 6.96. The van der Waals surface area contributed by atoms with Gasteiger partial charge in [-0.3, -0.25) is 0 Å². The molecule has 94 valence electrons. The molecule has 1 aromatic rings. The highest BCUT2D eigenvalue weighted by Gasteiger charge is 2.20. The highest BCUT2D eigenvalue weighted by atomic mass is 32.1. The number of hydrogen-bond acceptors (Lipinski definition) is 2. The van der Waals surface area contributed by atoms with E-state index in [-0.39, 0.29) is 0 Å². The zero-order valence-corrected chi connectivity index (χ0v) is 11.8. The molecule has 17 heavy (non-hydrogen) atoms. The topological polar surface area (TPSA) is 3.24 Å². The van der Waals surface area contributed by atoms with Gasteiger partial charge < -0.3 is 4.90 Å². The first-order valence-corrected chi connectivity index (χ1v) is 7.29. The summed E-state index contributed by atoms with van der Waals surface area (Å²) < 4.78 is 0. The van der Waals surface area contributed by atoms with Crippen LogP contribution >= 0.6 is 12.6 Å². The minimum Gasteiger partial charge on any atom is -0.371 e. The second-order valence-corrected chi connectivity index (χ2v) is 5.73. The van der Waals surface area contributed by atoms with E-state index in [0.717, 1.165) is 12.3 Å². The third kappa shape index (κ3) is 2.98. The van der Waals surface area contributed by atoms with Gasteiger partial charge in [0.25, 0.3) is 0 Å². The van der Waals surface area contributed by atoms with Gasteiger partial charge in [-0.2, -0.15) is 12.6 Å². The molecule has 2 heteroatoms. The van der Waals surface area contributed by atoms with Crippen molar-refractivity contribution in [1.82, 2.24) is 0 Å². The van der Waals surface area contributed by atoms with E-state index in [0.29, 0.717) is 11.8 Å². The minimum absolute atomic E-state index is 0.685. The largest absolute Gasteiger partial charge is 0.371 e. The van der Waals surface area contributed by atoms with Gasteiger partial charge in [-0.15, -0.1) is 0 Å². The molecule has 0 N–H and O–H groups in total. The van der Waals surface area contributed by atoms with Crippen molar-refractivity contribution >= 4 is 18.3 Å². The molecule has 0 spiro atoms. The molecule has 1 atom stereocenters. The maximum Gasteiger partial charge on any atom is 0.0398 e. The lowest BCUT2D eigenvalue weighted by Crippen LogP contribution is -2.36. The quantitative estimate of drug-likeness (QED) is 0.797. The average molecular weight is 249 g/mol. The van der Waals surface area contributed by atoms with Crippen LogP contribution in [0.15, 0.2) is 24.3 Å². The zero-order chi connectivity index (χ0) is 12.3. The number of aryl methyl sites for hydroxylation is 1. The van der Waals surface area contributed by atoms with Gasteiger partial charge in [0, 0.05) is 18.8 Å². The number of para-hydroxylation sites is 1. The van der Waals surface area contributed by atoms with Crippen molar-refractivity contribution in [1.29, 1.82) is 0 Å². The smallest absolute Gasteiger partial charge is 0.0398 e. The molecule has 0 fully saturated rings. The monoisotopic (exact) mass is 249 g/mol. The normalized spacial score (nSPS) is 17.1. The summed E-state index contributed by atoms with van der Waals surface area (Å²) in [5, 5.41) is 0. The highest BCUT2D eigenvalue weighted by molar-refractivity contribution is 7.80. The van der Waals surface area contributed by atoms with Crippen molar-refractivity contribution in [2.75, 3.05) is 23.7 Å². The SMILES string of the molecule is CC(C)C(CS)CN1CCCc2ccccc21. The second-order valence-electron chi connectivity index (χ2n) is 5.36. The molecule has 0 saturated heterocycles. The molecule has 1 unspecified atom stereocenters. The standard InChI is InChI=1S/C15H23NS/c1-12(2)14(11-17)10-16-9-5-7-13-6-3-4-8-15(13)16/h3-4,6,8,12,14,17H,5,7,9-11H2,1-2H3. The number of anilines is 1. The predicted octanol–water partition coefficient (Wildman–Crippen LogP) is 3.64. The van der Waals surface area contributed by atoms with Crippen molar-refractivity contribution in [2.24, 2.45) is 11.8 Å². The Labute approximate surface area is 111 Å². The van der Waals surface area contributed by atoms with Crippen LogP contribution in [0, 0.1) is 11.8 Å². The van der Waals surface area contributed by atoms with E-state index in [1.165, 1.54) is 30.6 Å². The van der Waals surface area contributed by atoms with Gasteiger partial charge in [-0.1, -0.05) is 32.0 Å². The van der Waals surface area contributed by atoms with Crippen LogP contribution in [-0.2, 0) is 6.42 Å². The van der Waals surface area contributed by atoms with Crippen LogP contribution < -0.4 is 4.90 Å². The lowest BCUT2D eigenvalue weighted by Gasteiger charge is -2.35. The van der Waals surface area contributed by atoms with E-state index >= 15 is 0 Å². The van der Waals surface area contributed by atoms with Crippen LogP contribution in [-0.4, -0.2) is 18.8 Å². The van der Waals surface area contributed by atoms with Gasteiger partial charge in [-0.25, -0.2) is 0 Å². The summed E-state index contributed by atoms with van der Waals surface area (Å²) in [5.74, 6) is 2.38. The molecule has 0 saturated carbocycles. The van der Waals surface area contributed by atoms with E-state index in [9.17, 15) is 0 Å². The lowest BCUT2D eigenvalue weighted by molar-refractivity contribution is 0.420. The third-order valence-corrected chi connectivity index (χ3v) is 4.31. The number of hydrogen-bond donors (Lipinski definition) is 1. The molecular formula is C15H23NS. The van der Waals surface area contributed by atoms with Crippen LogP contribution in [0.1, 0.15) is 25.8 Å². The van der Waals surface area contributed by atoms with Crippen molar-refractivity contribution in [3.63, 3.8) is 0 Å². The highest BCUT2D eigenvalue weighted by Crippen LogP contribution is 2.28. The van der Waals surface area contributed by atoms with Crippen molar-refractivity contribution < 1.29 is 0 Å². The Balaban J connectivity index is 2.13. The van der Waals surface area contributed by atoms with E-state index in [1.54, 1.807) is 0 Å². The van der Waals surface area contributed by atoms with Gasteiger partial charge in [0.15, 0.2) is 0 Å². The van der Waals surface area contributed by atoms with Crippen LogP contribution in [0.3, 0.4) is 0 Å². The molecule has 1 aliphatic heterocycles. The Morgan fingerprint density at radius 3 is 2.76 bits per heavy atom. The molecule has 0 aromatic heterocycles. The fourth-order valence-electron chi connectivity index (χ4n) is 2.56. The maximum atomic E-state index is 4.50. The minimum atomic E-state index is 0.685. The molecule has 0 radical (unpaired) electrons. The summed E-state index contributed by atoms with van der Waals surface area (Å²) >= 11 is 4.50.